The minimum atomic E-state index is -3.57. The molecule has 1 atom stereocenters. The molecule has 3 N–H and O–H groups in total. The van der Waals surface area contributed by atoms with Crippen molar-refractivity contribution in [1.82, 2.24) is 0 Å². The number of benzene rings is 1. The Balaban J connectivity index is 2.93. The number of anilines is 1. The van der Waals surface area contributed by atoms with Gasteiger partial charge in [-0.15, -0.1) is 0 Å². The van der Waals surface area contributed by atoms with E-state index in [0.717, 1.165) is 4.47 Å². The van der Waals surface area contributed by atoms with Gasteiger partial charge in [0.2, 0.25) is 10.0 Å². The quantitative estimate of drug-likeness (QED) is 0.830. The van der Waals surface area contributed by atoms with E-state index >= 15 is 0 Å². The highest BCUT2D eigenvalue weighted by molar-refractivity contribution is 9.10. The lowest BCUT2D eigenvalue weighted by Crippen LogP contribution is -2.35. The molecule has 4 nitrogen and oxygen atoms in total. The summed E-state index contributed by atoms with van der Waals surface area (Å²) < 4.78 is 26.7. The van der Waals surface area contributed by atoms with Crippen molar-refractivity contribution in [2.45, 2.75) is 12.2 Å². The first-order valence-corrected chi connectivity index (χ1v) is 7.14. The summed E-state index contributed by atoms with van der Waals surface area (Å²) in [4.78, 5) is -0.0532. The molecule has 0 heterocycles. The summed E-state index contributed by atoms with van der Waals surface area (Å²) in [5, 5.41) is -0.901. The number of thiocarbonyl (C=S) groups is 1. The lowest BCUT2D eigenvalue weighted by molar-refractivity contribution is 0.598. The van der Waals surface area contributed by atoms with Crippen LogP contribution in [0, 0.1) is 0 Å². The Morgan fingerprint density at radius 3 is 2.69 bits per heavy atom. The third-order valence-electron chi connectivity index (χ3n) is 1.95. The lowest BCUT2D eigenvalue weighted by Gasteiger charge is -2.13. The molecule has 88 valence electrons. The zero-order chi connectivity index (χ0) is 12.3. The van der Waals surface area contributed by atoms with Gasteiger partial charge in [-0.05, 0) is 25.1 Å². The summed E-state index contributed by atoms with van der Waals surface area (Å²) in [7, 11) is -3.57. The van der Waals surface area contributed by atoms with E-state index in [1.165, 1.54) is 6.92 Å². The third kappa shape index (κ3) is 3.43. The molecule has 0 aliphatic carbocycles. The highest BCUT2D eigenvalue weighted by Crippen LogP contribution is 2.17. The number of nitrogens with two attached hydrogens (primary N) is 1. The average molecular weight is 323 g/mol. The maximum Gasteiger partial charge on any atom is 0.241 e. The van der Waals surface area contributed by atoms with Gasteiger partial charge < -0.3 is 5.73 Å². The van der Waals surface area contributed by atoms with Crippen molar-refractivity contribution in [3.8, 4) is 0 Å². The Morgan fingerprint density at radius 2 is 2.19 bits per heavy atom. The molecule has 0 radical (unpaired) electrons. The van der Waals surface area contributed by atoms with Crippen molar-refractivity contribution in [1.29, 1.82) is 0 Å². The Hall–Kier alpha value is -0.660. The molecule has 0 saturated carbocycles. The van der Waals surface area contributed by atoms with Gasteiger partial charge in [-0.2, -0.15) is 0 Å². The minimum absolute atomic E-state index is 0.0532. The first-order chi connectivity index (χ1) is 7.33. The molecule has 1 unspecified atom stereocenters. The molecular weight excluding hydrogens is 312 g/mol. The van der Waals surface area contributed by atoms with Crippen LogP contribution < -0.4 is 10.5 Å². The first-order valence-electron chi connectivity index (χ1n) is 4.39. The zero-order valence-corrected chi connectivity index (χ0v) is 11.7. The highest BCUT2D eigenvalue weighted by Gasteiger charge is 2.23. The van der Waals surface area contributed by atoms with Crippen LogP contribution in [0.4, 0.5) is 5.69 Å². The van der Waals surface area contributed by atoms with Crippen molar-refractivity contribution < 1.29 is 8.42 Å². The molecule has 1 aromatic rings. The molecule has 0 saturated heterocycles. The van der Waals surface area contributed by atoms with Crippen LogP contribution in [0.1, 0.15) is 6.92 Å². The smallest absolute Gasteiger partial charge is 0.241 e. The predicted octanol–water partition coefficient (Wildman–Crippen LogP) is 1.87. The molecule has 0 fully saturated rings. The van der Waals surface area contributed by atoms with Gasteiger partial charge >= 0.3 is 0 Å². The summed E-state index contributed by atoms with van der Waals surface area (Å²) in [6, 6.07) is 6.83. The second-order valence-corrected chi connectivity index (χ2v) is 6.59. The fraction of sp³-hybridized carbons (Fsp3) is 0.222. The van der Waals surface area contributed by atoms with Crippen LogP contribution in [0.5, 0.6) is 0 Å². The van der Waals surface area contributed by atoms with Gasteiger partial charge in [0.15, 0.2) is 0 Å². The summed E-state index contributed by atoms with van der Waals surface area (Å²) in [6.45, 7) is 1.45. The zero-order valence-electron chi connectivity index (χ0n) is 8.48. The molecule has 1 rings (SSSR count). The molecule has 0 spiro atoms. The number of rotatable bonds is 4. The summed E-state index contributed by atoms with van der Waals surface area (Å²) in [5.74, 6) is 0. The first kappa shape index (κ1) is 13.4. The van der Waals surface area contributed by atoms with Gasteiger partial charge in [-0.25, -0.2) is 8.42 Å². The maximum absolute atomic E-state index is 11.8. The molecule has 7 heteroatoms. The molecule has 0 bridgehead atoms. The average Bonchev–Trinajstić information content (AvgIpc) is 2.15. The van der Waals surface area contributed by atoms with Crippen molar-refractivity contribution in [2.75, 3.05) is 4.72 Å². The number of nitrogens with one attached hydrogen (secondary N) is 1. The summed E-state index contributed by atoms with van der Waals surface area (Å²) in [6.07, 6.45) is 0. The summed E-state index contributed by atoms with van der Waals surface area (Å²) >= 11 is 7.91. The van der Waals surface area contributed by atoms with Crippen molar-refractivity contribution in [3.05, 3.63) is 28.7 Å². The van der Waals surface area contributed by atoms with Crippen LogP contribution in [-0.4, -0.2) is 18.7 Å². The van der Waals surface area contributed by atoms with Gasteiger partial charge in [-0.1, -0.05) is 34.2 Å². The van der Waals surface area contributed by atoms with Gasteiger partial charge in [0.25, 0.3) is 0 Å². The fourth-order valence-corrected chi connectivity index (χ4v) is 2.67. The monoisotopic (exact) mass is 322 g/mol. The van der Waals surface area contributed by atoms with Crippen LogP contribution in [0.3, 0.4) is 0 Å². The van der Waals surface area contributed by atoms with E-state index in [0.29, 0.717) is 5.69 Å². The Kier molecular flexibility index (Phi) is 4.28. The van der Waals surface area contributed by atoms with E-state index in [1.807, 2.05) is 0 Å². The summed E-state index contributed by atoms with van der Waals surface area (Å²) in [5.41, 5.74) is 5.78. The maximum atomic E-state index is 11.8. The normalized spacial score (nSPS) is 13.1. The number of hydrogen-bond acceptors (Lipinski definition) is 3. The van der Waals surface area contributed by atoms with E-state index in [4.69, 9.17) is 5.73 Å². The van der Waals surface area contributed by atoms with E-state index in [9.17, 15) is 8.42 Å². The third-order valence-corrected chi connectivity index (χ3v) is 4.65. The van der Waals surface area contributed by atoms with Gasteiger partial charge in [-0.3, -0.25) is 4.72 Å². The van der Waals surface area contributed by atoms with Gasteiger partial charge in [0.1, 0.15) is 5.25 Å². The van der Waals surface area contributed by atoms with Crippen molar-refractivity contribution in [3.63, 3.8) is 0 Å². The molecule has 0 amide bonds. The van der Waals surface area contributed by atoms with E-state index in [2.05, 4.69) is 32.9 Å². The van der Waals surface area contributed by atoms with Crippen LogP contribution in [-0.2, 0) is 10.0 Å². The van der Waals surface area contributed by atoms with Gasteiger partial charge in [0, 0.05) is 10.2 Å². The molecule has 0 aliphatic heterocycles. The van der Waals surface area contributed by atoms with E-state index in [-0.39, 0.29) is 4.99 Å². The molecular formula is C9H11BrN2O2S2. The lowest BCUT2D eigenvalue weighted by atomic mass is 10.3. The number of hydrogen-bond donors (Lipinski definition) is 2. The Morgan fingerprint density at radius 1 is 1.56 bits per heavy atom. The number of halogens is 1. The van der Waals surface area contributed by atoms with E-state index in [1.54, 1.807) is 24.3 Å². The molecule has 16 heavy (non-hydrogen) atoms. The minimum Gasteiger partial charge on any atom is -0.392 e. The number of sulfonamides is 1. The van der Waals surface area contributed by atoms with Crippen molar-refractivity contribution >= 4 is 48.8 Å². The second kappa shape index (κ2) is 5.11. The van der Waals surface area contributed by atoms with Gasteiger partial charge in [0.05, 0.1) is 4.99 Å². The Bertz CT molecular complexity index is 502. The Labute approximate surface area is 108 Å². The van der Waals surface area contributed by atoms with Crippen LogP contribution in [0.25, 0.3) is 0 Å². The predicted molar refractivity (Wildman–Crippen MR) is 72.9 cm³/mol. The van der Waals surface area contributed by atoms with Crippen LogP contribution in [0.15, 0.2) is 28.7 Å². The van der Waals surface area contributed by atoms with Crippen LogP contribution in [0.2, 0.25) is 0 Å². The fourth-order valence-electron chi connectivity index (χ4n) is 0.958. The highest BCUT2D eigenvalue weighted by atomic mass is 79.9. The second-order valence-electron chi connectivity index (χ2n) is 3.20. The topological polar surface area (TPSA) is 72.2 Å². The van der Waals surface area contributed by atoms with E-state index < -0.39 is 15.3 Å². The molecule has 0 aliphatic rings. The van der Waals surface area contributed by atoms with Crippen LogP contribution >= 0.6 is 28.1 Å². The molecule has 1 aromatic carbocycles. The largest absolute Gasteiger partial charge is 0.392 e. The SMILES string of the molecule is CC(C(N)=S)S(=O)(=O)Nc1cccc(Br)c1. The molecule has 0 aromatic heterocycles. The standard InChI is InChI=1S/C9H11BrN2O2S2/c1-6(9(11)15)16(13,14)12-8-4-2-3-7(10)5-8/h2-6,12H,1H3,(H2,11,15). The van der Waals surface area contributed by atoms with Crippen molar-refractivity contribution in [2.24, 2.45) is 5.73 Å².